The summed E-state index contributed by atoms with van der Waals surface area (Å²) in [7, 11) is 0. The molecule has 4 nitrogen and oxygen atoms in total. The minimum absolute atomic E-state index is 0.366. The Bertz CT molecular complexity index is 872. The Kier molecular flexibility index (Phi) is 4.89. The van der Waals surface area contributed by atoms with Crippen molar-refractivity contribution >= 4 is 5.91 Å². The first kappa shape index (κ1) is 19.0. The molecule has 2 aliphatic rings. The molecule has 1 saturated heterocycles. The van der Waals surface area contributed by atoms with Crippen molar-refractivity contribution in [3.8, 4) is 0 Å². The number of rotatable bonds is 2. The molecule has 148 valence electrons. The van der Waals surface area contributed by atoms with Gasteiger partial charge in [-0.1, -0.05) is 36.4 Å². The van der Waals surface area contributed by atoms with Crippen molar-refractivity contribution in [1.29, 1.82) is 0 Å². The molecule has 0 saturated carbocycles. The van der Waals surface area contributed by atoms with Gasteiger partial charge in [-0.3, -0.25) is 4.79 Å². The first-order valence-corrected chi connectivity index (χ1v) is 9.25. The van der Waals surface area contributed by atoms with Crippen LogP contribution in [0.4, 0.5) is 13.2 Å². The molecule has 4 rings (SSSR count). The maximum Gasteiger partial charge on any atom is 0.268 e. The van der Waals surface area contributed by atoms with E-state index in [2.05, 4.69) is 0 Å². The number of nitrogens with two attached hydrogens (primary N) is 1. The number of halogens is 3. The molecule has 1 amide bonds. The van der Waals surface area contributed by atoms with Crippen molar-refractivity contribution in [2.45, 2.75) is 37.0 Å². The van der Waals surface area contributed by atoms with Crippen molar-refractivity contribution in [1.82, 2.24) is 4.90 Å². The van der Waals surface area contributed by atoms with Crippen LogP contribution < -0.4 is 5.73 Å². The van der Waals surface area contributed by atoms with Gasteiger partial charge in [-0.15, -0.1) is 0 Å². The summed E-state index contributed by atoms with van der Waals surface area (Å²) in [6.45, 7) is 0.00439. The van der Waals surface area contributed by atoms with Gasteiger partial charge >= 0.3 is 0 Å². The summed E-state index contributed by atoms with van der Waals surface area (Å²) in [6.07, 6.45) is -1.37. The largest absolute Gasteiger partial charge is 0.366 e. The molecule has 0 unspecified atom stereocenters. The van der Waals surface area contributed by atoms with Crippen LogP contribution in [0.15, 0.2) is 48.5 Å². The second-order valence-electron chi connectivity index (χ2n) is 7.33. The predicted molar refractivity (Wildman–Crippen MR) is 97.4 cm³/mol. The van der Waals surface area contributed by atoms with Gasteiger partial charge < -0.3 is 15.4 Å². The second-order valence-corrected chi connectivity index (χ2v) is 7.33. The molecule has 0 aliphatic carbocycles. The van der Waals surface area contributed by atoms with Gasteiger partial charge in [0.15, 0.2) is 0 Å². The molecule has 7 heteroatoms. The topological polar surface area (TPSA) is 55.6 Å². The van der Waals surface area contributed by atoms with Gasteiger partial charge in [0.25, 0.3) is 11.8 Å². The van der Waals surface area contributed by atoms with E-state index in [0.29, 0.717) is 13.0 Å². The number of hydrogen-bond acceptors (Lipinski definition) is 3. The predicted octanol–water partition coefficient (Wildman–Crippen LogP) is 3.05. The van der Waals surface area contributed by atoms with E-state index >= 15 is 0 Å². The van der Waals surface area contributed by atoms with E-state index in [1.54, 1.807) is 17.0 Å². The van der Waals surface area contributed by atoms with Gasteiger partial charge in [-0.2, -0.15) is 0 Å². The molecule has 2 aromatic rings. The molecule has 2 heterocycles. The summed E-state index contributed by atoms with van der Waals surface area (Å²) in [5, 5.41) is 0. The molecule has 28 heavy (non-hydrogen) atoms. The van der Waals surface area contributed by atoms with E-state index in [-0.39, 0.29) is 12.4 Å². The van der Waals surface area contributed by atoms with Crippen LogP contribution in [-0.4, -0.2) is 42.0 Å². The third-order valence-corrected chi connectivity index (χ3v) is 5.50. The normalized spacial score (nSPS) is 26.6. The summed E-state index contributed by atoms with van der Waals surface area (Å²) in [4.78, 5) is 14.7. The number of nitrogens with zero attached hydrogens (tertiary/aromatic N) is 1. The number of ether oxygens (including phenoxy) is 1. The molecule has 1 fully saturated rings. The van der Waals surface area contributed by atoms with E-state index in [9.17, 15) is 18.0 Å². The van der Waals surface area contributed by atoms with E-state index in [4.69, 9.17) is 10.5 Å². The standard InChI is InChI=1S/C21H21F3N2O2/c22-15-7-5-14(6-8-15)19-16-4-2-1-3-13(16)9-10-26(19)20(27)17-11-21(23,24)18(25)12-28-17/h1-8,17-19H,9-12,25H2/t17-,18-,19+/m1/s1. The van der Waals surface area contributed by atoms with Crippen molar-refractivity contribution < 1.29 is 22.7 Å². The average molecular weight is 390 g/mol. The van der Waals surface area contributed by atoms with Crippen molar-refractivity contribution in [2.75, 3.05) is 13.2 Å². The number of carbonyl (C=O) groups excluding carboxylic acids is 1. The molecule has 2 aliphatic heterocycles. The Balaban J connectivity index is 1.69. The molecule has 2 aromatic carbocycles. The van der Waals surface area contributed by atoms with Crippen LogP contribution in [-0.2, 0) is 16.0 Å². The third-order valence-electron chi connectivity index (χ3n) is 5.50. The molecule has 0 spiro atoms. The lowest BCUT2D eigenvalue weighted by Crippen LogP contribution is -2.56. The van der Waals surface area contributed by atoms with Gasteiger partial charge in [0.2, 0.25) is 0 Å². The summed E-state index contributed by atoms with van der Waals surface area (Å²) in [5.41, 5.74) is 8.13. The lowest BCUT2D eigenvalue weighted by molar-refractivity contribution is -0.172. The zero-order chi connectivity index (χ0) is 19.9. The van der Waals surface area contributed by atoms with Crippen LogP contribution >= 0.6 is 0 Å². The van der Waals surface area contributed by atoms with Gasteiger partial charge in [0.1, 0.15) is 11.9 Å². The maximum atomic E-state index is 14.1. The smallest absolute Gasteiger partial charge is 0.268 e. The lowest BCUT2D eigenvalue weighted by atomic mass is 9.87. The Morgan fingerprint density at radius 1 is 1.14 bits per heavy atom. The van der Waals surface area contributed by atoms with Crippen molar-refractivity contribution in [3.05, 3.63) is 71.0 Å². The highest BCUT2D eigenvalue weighted by Gasteiger charge is 2.48. The Morgan fingerprint density at radius 2 is 1.86 bits per heavy atom. The van der Waals surface area contributed by atoms with Gasteiger partial charge in [-0.25, -0.2) is 13.2 Å². The lowest BCUT2D eigenvalue weighted by Gasteiger charge is -2.41. The minimum Gasteiger partial charge on any atom is -0.366 e. The van der Waals surface area contributed by atoms with E-state index in [1.165, 1.54) is 12.1 Å². The summed E-state index contributed by atoms with van der Waals surface area (Å²) < 4.78 is 46.9. The average Bonchev–Trinajstić information content (AvgIpc) is 2.69. The summed E-state index contributed by atoms with van der Waals surface area (Å²) in [5.74, 6) is -4.03. The number of fused-ring (bicyclic) bond motifs is 1. The van der Waals surface area contributed by atoms with E-state index < -0.39 is 36.4 Å². The van der Waals surface area contributed by atoms with Crippen LogP contribution in [0.2, 0.25) is 0 Å². The Morgan fingerprint density at radius 3 is 2.57 bits per heavy atom. The number of benzene rings is 2. The SMILES string of the molecule is N[C@@H]1CO[C@@H](C(=O)N2CCc3ccccc3[C@@H]2c2ccc(F)cc2)CC1(F)F. The van der Waals surface area contributed by atoms with Crippen LogP contribution in [0.5, 0.6) is 0 Å². The summed E-state index contributed by atoms with van der Waals surface area (Å²) >= 11 is 0. The number of hydrogen-bond donors (Lipinski definition) is 1. The first-order chi connectivity index (χ1) is 13.4. The maximum absolute atomic E-state index is 14.1. The molecular weight excluding hydrogens is 369 g/mol. The third kappa shape index (κ3) is 3.40. The monoisotopic (exact) mass is 390 g/mol. The van der Waals surface area contributed by atoms with E-state index in [1.807, 2.05) is 24.3 Å². The fourth-order valence-corrected chi connectivity index (χ4v) is 3.95. The van der Waals surface area contributed by atoms with Crippen molar-refractivity contribution in [3.63, 3.8) is 0 Å². The van der Waals surface area contributed by atoms with Gasteiger partial charge in [0.05, 0.1) is 18.7 Å². The molecule has 2 N–H and O–H groups in total. The number of amides is 1. The fourth-order valence-electron chi connectivity index (χ4n) is 3.95. The Hall–Kier alpha value is -2.38. The highest BCUT2D eigenvalue weighted by atomic mass is 19.3. The number of alkyl halides is 2. The van der Waals surface area contributed by atoms with Crippen LogP contribution in [0.25, 0.3) is 0 Å². The fraction of sp³-hybridized carbons (Fsp3) is 0.381. The van der Waals surface area contributed by atoms with Gasteiger partial charge in [0, 0.05) is 13.0 Å². The molecular formula is C21H21F3N2O2. The molecule has 0 aromatic heterocycles. The Labute approximate surface area is 161 Å². The highest BCUT2D eigenvalue weighted by molar-refractivity contribution is 5.82. The van der Waals surface area contributed by atoms with Crippen LogP contribution in [0.3, 0.4) is 0 Å². The van der Waals surface area contributed by atoms with Crippen LogP contribution in [0, 0.1) is 5.82 Å². The first-order valence-electron chi connectivity index (χ1n) is 9.25. The second kappa shape index (κ2) is 7.22. The van der Waals surface area contributed by atoms with Gasteiger partial charge in [-0.05, 0) is 35.2 Å². The van der Waals surface area contributed by atoms with E-state index in [0.717, 1.165) is 16.7 Å². The van der Waals surface area contributed by atoms with Crippen molar-refractivity contribution in [2.24, 2.45) is 5.73 Å². The summed E-state index contributed by atoms with van der Waals surface area (Å²) in [6, 6.07) is 11.7. The zero-order valence-corrected chi connectivity index (χ0v) is 15.2. The zero-order valence-electron chi connectivity index (χ0n) is 15.2. The molecule has 0 radical (unpaired) electrons. The highest BCUT2D eigenvalue weighted by Crippen LogP contribution is 2.37. The van der Waals surface area contributed by atoms with Crippen LogP contribution in [0.1, 0.15) is 29.2 Å². The molecule has 3 atom stereocenters. The quantitative estimate of drug-likeness (QED) is 0.858. The number of carbonyl (C=O) groups is 1. The minimum atomic E-state index is -3.16. The molecule has 0 bridgehead atoms.